The van der Waals surface area contributed by atoms with Crippen molar-refractivity contribution < 1.29 is 22.8 Å². The number of hydrogen-bond acceptors (Lipinski definition) is 4. The molecular formula is C12H8ClF2NO3. The predicted molar refractivity (Wildman–Crippen MR) is 63.2 cm³/mol. The molecule has 0 unspecified atom stereocenters. The maximum Gasteiger partial charge on any atom is 0.344 e. The Morgan fingerprint density at radius 1 is 1.42 bits per heavy atom. The van der Waals surface area contributed by atoms with Crippen molar-refractivity contribution in [2.24, 2.45) is 0 Å². The number of alkyl halides is 2. The van der Waals surface area contributed by atoms with Crippen LogP contribution in [0.4, 0.5) is 8.78 Å². The van der Waals surface area contributed by atoms with Crippen LogP contribution in [0.1, 0.15) is 22.5 Å². The van der Waals surface area contributed by atoms with Gasteiger partial charge in [0, 0.05) is 5.56 Å². The molecule has 0 saturated carbocycles. The molecule has 4 nitrogen and oxygen atoms in total. The van der Waals surface area contributed by atoms with E-state index in [4.69, 9.17) is 11.6 Å². The highest BCUT2D eigenvalue weighted by atomic mass is 35.5. The number of halogens is 3. The summed E-state index contributed by atoms with van der Waals surface area (Å²) in [7, 11) is 1.08. The van der Waals surface area contributed by atoms with E-state index in [1.165, 1.54) is 0 Å². The van der Waals surface area contributed by atoms with Crippen molar-refractivity contribution in [2.45, 2.75) is 6.43 Å². The summed E-state index contributed by atoms with van der Waals surface area (Å²) >= 11 is 5.95. The van der Waals surface area contributed by atoms with Gasteiger partial charge in [-0.05, 0) is 6.07 Å². The molecule has 19 heavy (non-hydrogen) atoms. The van der Waals surface area contributed by atoms with Crippen LogP contribution in [0.15, 0.2) is 28.8 Å². The highest BCUT2D eigenvalue weighted by Gasteiger charge is 2.30. The highest BCUT2D eigenvalue weighted by Crippen LogP contribution is 2.34. The number of esters is 1. The molecule has 0 radical (unpaired) electrons. The van der Waals surface area contributed by atoms with Crippen molar-refractivity contribution in [1.82, 2.24) is 5.16 Å². The highest BCUT2D eigenvalue weighted by molar-refractivity contribution is 6.33. The minimum atomic E-state index is -2.97. The molecule has 100 valence electrons. The number of methoxy groups -OCH3 is 1. The Morgan fingerprint density at radius 3 is 2.68 bits per heavy atom. The van der Waals surface area contributed by atoms with Crippen molar-refractivity contribution in [3.8, 4) is 11.3 Å². The van der Waals surface area contributed by atoms with E-state index in [-0.39, 0.29) is 10.7 Å². The minimum absolute atomic E-state index is 0.0623. The number of nitrogens with zero attached hydrogens (tertiary/aromatic N) is 1. The van der Waals surface area contributed by atoms with Gasteiger partial charge < -0.3 is 9.26 Å². The number of carbonyl (C=O) groups excluding carboxylic acids is 1. The first-order chi connectivity index (χ1) is 9.06. The average molecular weight is 288 g/mol. The zero-order valence-corrected chi connectivity index (χ0v) is 10.4. The van der Waals surface area contributed by atoms with Crippen molar-refractivity contribution in [2.75, 3.05) is 7.11 Å². The van der Waals surface area contributed by atoms with Gasteiger partial charge in [0.2, 0.25) is 5.76 Å². The lowest BCUT2D eigenvalue weighted by Crippen LogP contribution is -2.05. The third-order valence-electron chi connectivity index (χ3n) is 2.44. The van der Waals surface area contributed by atoms with Gasteiger partial charge in [0.15, 0.2) is 0 Å². The van der Waals surface area contributed by atoms with E-state index in [2.05, 4.69) is 14.4 Å². The van der Waals surface area contributed by atoms with Crippen molar-refractivity contribution in [3.05, 3.63) is 40.6 Å². The number of aromatic nitrogens is 1. The molecule has 0 spiro atoms. The normalized spacial score (nSPS) is 10.8. The smallest absolute Gasteiger partial charge is 0.344 e. The van der Waals surface area contributed by atoms with Gasteiger partial charge in [0.1, 0.15) is 11.3 Å². The van der Waals surface area contributed by atoms with E-state index in [1.54, 1.807) is 24.3 Å². The van der Waals surface area contributed by atoms with Gasteiger partial charge in [-0.3, -0.25) is 0 Å². The van der Waals surface area contributed by atoms with E-state index in [0.29, 0.717) is 5.56 Å². The molecule has 0 aliphatic rings. The van der Waals surface area contributed by atoms with Crippen LogP contribution in [0.25, 0.3) is 11.3 Å². The predicted octanol–water partition coefficient (Wildman–Crippen LogP) is 3.72. The van der Waals surface area contributed by atoms with Gasteiger partial charge in [0.05, 0.1) is 12.1 Å². The first kappa shape index (κ1) is 13.5. The van der Waals surface area contributed by atoms with Crippen LogP contribution in [-0.2, 0) is 4.74 Å². The summed E-state index contributed by atoms with van der Waals surface area (Å²) in [5.74, 6) is -1.78. The van der Waals surface area contributed by atoms with Crippen molar-refractivity contribution in [3.63, 3.8) is 0 Å². The van der Waals surface area contributed by atoms with Gasteiger partial charge in [-0.25, -0.2) is 13.6 Å². The Bertz CT molecular complexity index is 613. The molecule has 0 saturated heterocycles. The standard InChI is InChI=1S/C12H8ClF2NO3/c1-18-12(17)8-9(16-19-10(8)11(14)15)6-4-2-3-5-7(6)13/h2-5,11H,1H3. The van der Waals surface area contributed by atoms with Crippen LogP contribution < -0.4 is 0 Å². The maximum atomic E-state index is 12.8. The van der Waals surface area contributed by atoms with Crippen LogP contribution in [0.2, 0.25) is 5.02 Å². The lowest BCUT2D eigenvalue weighted by atomic mass is 10.1. The largest absolute Gasteiger partial charge is 0.465 e. The number of rotatable bonds is 3. The third-order valence-corrected chi connectivity index (χ3v) is 2.76. The number of hydrogen-bond donors (Lipinski definition) is 0. The second-order valence-corrected chi connectivity index (χ2v) is 3.95. The zero-order chi connectivity index (χ0) is 14.0. The lowest BCUT2D eigenvalue weighted by molar-refractivity contribution is 0.0578. The Morgan fingerprint density at radius 2 is 2.11 bits per heavy atom. The summed E-state index contributed by atoms with van der Waals surface area (Å²) in [6.45, 7) is 0. The minimum Gasteiger partial charge on any atom is -0.465 e. The molecule has 0 bridgehead atoms. The van der Waals surface area contributed by atoms with E-state index in [1.807, 2.05) is 0 Å². The molecule has 0 fully saturated rings. The molecule has 1 aromatic carbocycles. The first-order valence-electron chi connectivity index (χ1n) is 5.17. The van der Waals surface area contributed by atoms with E-state index in [0.717, 1.165) is 7.11 Å². The zero-order valence-electron chi connectivity index (χ0n) is 9.69. The van der Waals surface area contributed by atoms with Crippen LogP contribution >= 0.6 is 11.6 Å². The van der Waals surface area contributed by atoms with Gasteiger partial charge in [-0.1, -0.05) is 35.0 Å². The van der Waals surface area contributed by atoms with E-state index in [9.17, 15) is 13.6 Å². The molecule has 0 aliphatic heterocycles. The lowest BCUT2D eigenvalue weighted by Gasteiger charge is -2.03. The quantitative estimate of drug-likeness (QED) is 0.807. The molecule has 2 rings (SSSR count). The number of carbonyl (C=O) groups is 1. The summed E-state index contributed by atoms with van der Waals surface area (Å²) in [5, 5.41) is 3.76. The first-order valence-corrected chi connectivity index (χ1v) is 5.55. The molecular weight excluding hydrogens is 280 g/mol. The van der Waals surface area contributed by atoms with Crippen LogP contribution in [-0.4, -0.2) is 18.2 Å². The molecule has 7 heteroatoms. The van der Waals surface area contributed by atoms with Crippen molar-refractivity contribution >= 4 is 17.6 Å². The summed E-state index contributed by atoms with van der Waals surface area (Å²) < 4.78 is 34.6. The number of benzene rings is 1. The van der Waals surface area contributed by atoms with Crippen LogP contribution in [0, 0.1) is 0 Å². The summed E-state index contributed by atoms with van der Waals surface area (Å²) in [5.41, 5.74) is -0.154. The van der Waals surface area contributed by atoms with Gasteiger partial charge in [-0.15, -0.1) is 0 Å². The molecule has 0 atom stereocenters. The summed E-state index contributed by atoms with van der Waals surface area (Å²) in [6, 6.07) is 6.40. The maximum absolute atomic E-state index is 12.8. The monoisotopic (exact) mass is 287 g/mol. The second kappa shape index (κ2) is 5.36. The summed E-state index contributed by atoms with van der Waals surface area (Å²) in [4.78, 5) is 11.6. The second-order valence-electron chi connectivity index (χ2n) is 3.54. The van der Waals surface area contributed by atoms with Gasteiger partial charge in [-0.2, -0.15) is 0 Å². The van der Waals surface area contributed by atoms with E-state index < -0.39 is 23.7 Å². The molecule has 0 N–H and O–H groups in total. The van der Waals surface area contributed by atoms with Gasteiger partial charge >= 0.3 is 5.97 Å². The third kappa shape index (κ3) is 2.44. The number of ether oxygens (including phenoxy) is 1. The topological polar surface area (TPSA) is 52.3 Å². The van der Waals surface area contributed by atoms with Crippen molar-refractivity contribution in [1.29, 1.82) is 0 Å². The van der Waals surface area contributed by atoms with Crippen LogP contribution in [0.3, 0.4) is 0 Å². The fourth-order valence-electron chi connectivity index (χ4n) is 1.59. The Kier molecular flexibility index (Phi) is 3.80. The van der Waals surface area contributed by atoms with E-state index >= 15 is 0 Å². The van der Waals surface area contributed by atoms with Crippen LogP contribution in [0.5, 0.6) is 0 Å². The molecule has 0 amide bonds. The Hall–Kier alpha value is -1.95. The SMILES string of the molecule is COC(=O)c1c(-c2ccccc2Cl)noc1C(F)F. The molecule has 2 aromatic rings. The Balaban J connectivity index is 2.65. The van der Waals surface area contributed by atoms with Gasteiger partial charge in [0.25, 0.3) is 6.43 Å². The molecule has 0 aliphatic carbocycles. The fourth-order valence-corrected chi connectivity index (χ4v) is 1.81. The average Bonchev–Trinajstić information content (AvgIpc) is 2.83. The summed E-state index contributed by atoms with van der Waals surface area (Å²) in [6.07, 6.45) is -2.97. The Labute approximate surface area is 111 Å². The fraction of sp³-hybridized carbons (Fsp3) is 0.167. The molecule has 1 heterocycles. The molecule has 1 aromatic heterocycles.